The molecule has 34 heavy (non-hydrogen) atoms. The summed E-state index contributed by atoms with van der Waals surface area (Å²) in [4.78, 5) is 13.9. The van der Waals surface area contributed by atoms with Gasteiger partial charge in [0.25, 0.3) is 0 Å². The third-order valence-corrected chi connectivity index (χ3v) is 6.77. The zero-order chi connectivity index (χ0) is 23.2. The molecular formula is C26H29N5O2S. The third-order valence-electron chi connectivity index (χ3n) is 5.92. The number of hydrogen-bond donors (Lipinski definition) is 3. The minimum absolute atomic E-state index is 0.228. The van der Waals surface area contributed by atoms with Crippen LogP contribution in [0.25, 0.3) is 33.4 Å². The summed E-state index contributed by atoms with van der Waals surface area (Å²) in [5.74, 6) is 0.830. The van der Waals surface area contributed by atoms with Crippen molar-refractivity contribution >= 4 is 28.8 Å². The van der Waals surface area contributed by atoms with E-state index in [1.165, 1.54) is 0 Å². The number of rotatable bonds is 10. The molecule has 1 unspecified atom stereocenters. The fourth-order valence-corrected chi connectivity index (χ4v) is 4.87. The van der Waals surface area contributed by atoms with Crippen LogP contribution in [0.15, 0.2) is 65.8 Å². The average Bonchev–Trinajstić information content (AvgIpc) is 3.54. The van der Waals surface area contributed by atoms with Crippen LogP contribution >= 0.6 is 11.9 Å². The van der Waals surface area contributed by atoms with Crippen LogP contribution in [0.4, 0.5) is 5.82 Å². The largest absolute Gasteiger partial charge is 0.383 e. The summed E-state index contributed by atoms with van der Waals surface area (Å²) in [5.41, 5.74) is 5.18. The van der Waals surface area contributed by atoms with Crippen molar-refractivity contribution in [3.05, 3.63) is 60.9 Å². The summed E-state index contributed by atoms with van der Waals surface area (Å²) in [6.45, 7) is 3.06. The molecule has 3 heterocycles. The Balaban J connectivity index is 1.50. The molecule has 7 nitrogen and oxygen atoms in total. The third kappa shape index (κ3) is 5.10. The van der Waals surface area contributed by atoms with Crippen LogP contribution in [0, 0.1) is 0 Å². The van der Waals surface area contributed by atoms with Crippen LogP contribution < -0.4 is 10.0 Å². The highest BCUT2D eigenvalue weighted by Crippen LogP contribution is 2.40. The van der Waals surface area contributed by atoms with E-state index in [9.17, 15) is 0 Å². The second-order valence-corrected chi connectivity index (χ2v) is 9.18. The van der Waals surface area contributed by atoms with Crippen molar-refractivity contribution in [2.24, 2.45) is 0 Å². The Morgan fingerprint density at radius 1 is 1.09 bits per heavy atom. The number of ether oxygens (including phenoxy) is 2. The van der Waals surface area contributed by atoms with Gasteiger partial charge in [0.15, 0.2) is 0 Å². The molecule has 0 spiro atoms. The molecular weight excluding hydrogens is 446 g/mol. The number of nitrogens with one attached hydrogen (secondary N) is 3. The van der Waals surface area contributed by atoms with E-state index in [1.54, 1.807) is 25.4 Å². The molecule has 0 aliphatic carbocycles. The summed E-state index contributed by atoms with van der Waals surface area (Å²) in [6.07, 6.45) is 4.04. The minimum atomic E-state index is 0.228. The zero-order valence-electron chi connectivity index (χ0n) is 19.2. The van der Waals surface area contributed by atoms with Crippen molar-refractivity contribution in [3.63, 3.8) is 0 Å². The van der Waals surface area contributed by atoms with Gasteiger partial charge >= 0.3 is 0 Å². The van der Waals surface area contributed by atoms with Crippen molar-refractivity contribution < 1.29 is 9.47 Å². The molecule has 5 rings (SSSR count). The van der Waals surface area contributed by atoms with E-state index in [4.69, 9.17) is 9.47 Å². The maximum absolute atomic E-state index is 5.80. The van der Waals surface area contributed by atoms with E-state index >= 15 is 0 Å². The zero-order valence-corrected chi connectivity index (χ0v) is 20.0. The van der Waals surface area contributed by atoms with Crippen molar-refractivity contribution in [2.75, 3.05) is 38.7 Å². The summed E-state index contributed by atoms with van der Waals surface area (Å²) in [6, 6.07) is 19.0. The second kappa shape index (κ2) is 11.0. The minimum Gasteiger partial charge on any atom is -0.383 e. The molecule has 4 aromatic rings. The number of aromatic nitrogens is 3. The molecule has 8 heteroatoms. The number of anilines is 1. The summed E-state index contributed by atoms with van der Waals surface area (Å²) >= 11 is 1.61. The summed E-state index contributed by atoms with van der Waals surface area (Å²) in [7, 11) is 1.71. The topological polar surface area (TPSA) is 84.1 Å². The number of H-pyrrole nitrogens is 1. The molecule has 176 valence electrons. The molecule has 1 aliphatic heterocycles. The van der Waals surface area contributed by atoms with Crippen molar-refractivity contribution in [2.45, 2.75) is 23.8 Å². The Hall–Kier alpha value is -2.91. The number of nitrogens with zero attached hydrogens (tertiary/aromatic N) is 2. The van der Waals surface area contributed by atoms with Crippen LogP contribution in [0.1, 0.15) is 12.8 Å². The predicted octanol–water partition coefficient (Wildman–Crippen LogP) is 5.13. The van der Waals surface area contributed by atoms with Gasteiger partial charge in [-0.25, -0.2) is 9.97 Å². The van der Waals surface area contributed by atoms with Crippen molar-refractivity contribution in [1.82, 2.24) is 19.7 Å². The van der Waals surface area contributed by atoms with Gasteiger partial charge in [0.1, 0.15) is 17.8 Å². The monoisotopic (exact) mass is 475 g/mol. The molecule has 0 radical (unpaired) electrons. The van der Waals surface area contributed by atoms with Crippen LogP contribution in [-0.4, -0.2) is 54.5 Å². The molecule has 0 bridgehead atoms. The highest BCUT2D eigenvalue weighted by atomic mass is 32.2. The Bertz CT molecular complexity index is 1210. The lowest BCUT2D eigenvalue weighted by Crippen LogP contribution is -2.19. The van der Waals surface area contributed by atoms with Crippen molar-refractivity contribution in [3.8, 4) is 22.4 Å². The lowest BCUT2D eigenvalue weighted by atomic mass is 9.99. The number of methoxy groups -OCH3 is 1. The van der Waals surface area contributed by atoms with Gasteiger partial charge in [-0.05, 0) is 48.0 Å². The fraction of sp³-hybridized carbons (Fsp3) is 0.308. The van der Waals surface area contributed by atoms with Crippen LogP contribution in [0.2, 0.25) is 0 Å². The van der Waals surface area contributed by atoms with Gasteiger partial charge in [-0.2, -0.15) is 0 Å². The van der Waals surface area contributed by atoms with Gasteiger partial charge in [0.2, 0.25) is 0 Å². The maximum Gasteiger partial charge on any atom is 0.143 e. The molecule has 1 fully saturated rings. The molecule has 2 aromatic carbocycles. The first-order chi connectivity index (χ1) is 16.8. The average molecular weight is 476 g/mol. The summed E-state index contributed by atoms with van der Waals surface area (Å²) in [5, 5.41) is 4.53. The highest BCUT2D eigenvalue weighted by Gasteiger charge is 2.21. The number of hydrogen-bond acceptors (Lipinski definition) is 7. The second-order valence-electron chi connectivity index (χ2n) is 8.22. The van der Waals surface area contributed by atoms with Crippen LogP contribution in [0.3, 0.4) is 0 Å². The molecule has 3 N–H and O–H groups in total. The van der Waals surface area contributed by atoms with Gasteiger partial charge in [-0.3, -0.25) is 4.72 Å². The fourth-order valence-electron chi connectivity index (χ4n) is 4.25. The van der Waals surface area contributed by atoms with E-state index in [1.807, 2.05) is 6.07 Å². The first kappa shape index (κ1) is 22.9. The molecule has 1 aliphatic rings. The lowest BCUT2D eigenvalue weighted by molar-refractivity contribution is 0.120. The van der Waals surface area contributed by atoms with Gasteiger partial charge in [-0.15, -0.1) is 0 Å². The molecule has 1 atom stereocenters. The molecule has 0 amide bonds. The molecule has 1 saturated heterocycles. The van der Waals surface area contributed by atoms with Crippen LogP contribution in [-0.2, 0) is 9.47 Å². The van der Waals surface area contributed by atoms with Crippen molar-refractivity contribution in [1.29, 1.82) is 0 Å². The van der Waals surface area contributed by atoms with E-state index < -0.39 is 0 Å². The standard InChI is InChI=1S/C26H29N5O2S/c1-32-15-13-30-34-21-11-9-19(10-12-21)24-22(18-6-3-2-4-7-18)23-25(28-17-29-26(23)31-24)27-16-20-8-5-14-33-20/h2-4,6-7,9-12,17,20,30H,5,8,13-16H2,1H3,(H2,27,28,29,31). The molecule has 2 aromatic heterocycles. The first-order valence-electron chi connectivity index (χ1n) is 11.6. The normalized spacial score (nSPS) is 15.7. The van der Waals surface area contributed by atoms with Gasteiger partial charge in [0, 0.05) is 37.3 Å². The van der Waals surface area contributed by atoms with E-state index in [2.05, 4.69) is 73.5 Å². The van der Waals surface area contributed by atoms with E-state index in [0.29, 0.717) is 6.61 Å². The first-order valence-corrected chi connectivity index (χ1v) is 12.4. The quantitative estimate of drug-likeness (QED) is 0.217. The Morgan fingerprint density at radius 3 is 2.71 bits per heavy atom. The maximum atomic E-state index is 5.80. The molecule has 0 saturated carbocycles. The van der Waals surface area contributed by atoms with Gasteiger partial charge in [-0.1, -0.05) is 42.5 Å². The Kier molecular flexibility index (Phi) is 7.40. The smallest absolute Gasteiger partial charge is 0.143 e. The van der Waals surface area contributed by atoms with E-state index in [-0.39, 0.29) is 6.10 Å². The van der Waals surface area contributed by atoms with Gasteiger partial charge < -0.3 is 19.8 Å². The van der Waals surface area contributed by atoms with Crippen LogP contribution in [0.5, 0.6) is 0 Å². The lowest BCUT2D eigenvalue weighted by Gasteiger charge is -2.13. The number of benzene rings is 2. The Morgan fingerprint density at radius 2 is 1.94 bits per heavy atom. The van der Waals surface area contributed by atoms with E-state index in [0.717, 1.165) is 76.7 Å². The number of aromatic amines is 1. The highest BCUT2D eigenvalue weighted by molar-refractivity contribution is 7.97. The Labute approximate surface area is 203 Å². The van der Waals surface area contributed by atoms with Gasteiger partial charge in [0.05, 0.1) is 23.8 Å². The summed E-state index contributed by atoms with van der Waals surface area (Å²) < 4.78 is 14.2. The SMILES string of the molecule is COCCNSc1ccc(-c2[nH]c3ncnc(NCC4CCCO4)c3c2-c2ccccc2)cc1. The number of fused-ring (bicyclic) bond motifs is 1. The predicted molar refractivity (Wildman–Crippen MR) is 138 cm³/mol.